The molecule has 3 saturated carbocycles. The van der Waals surface area contributed by atoms with Crippen LogP contribution in [0.25, 0.3) is 0 Å². The van der Waals surface area contributed by atoms with Gasteiger partial charge in [-0.05, 0) is 97.7 Å². The molecule has 190 valence electrons. The zero-order chi connectivity index (χ0) is 26.2. The molecule has 9 unspecified atom stereocenters. The predicted molar refractivity (Wildman–Crippen MR) is 141 cm³/mol. The van der Waals surface area contributed by atoms with E-state index in [2.05, 4.69) is 66.3 Å². The molecule has 35 heavy (non-hydrogen) atoms. The number of nitrogens with zero attached hydrogens (tertiary/aromatic N) is 2. The van der Waals surface area contributed by atoms with Gasteiger partial charge < -0.3 is 0 Å². The third kappa shape index (κ3) is 3.16. The van der Waals surface area contributed by atoms with Crippen LogP contribution in [0.4, 0.5) is 0 Å². The smallest absolute Gasteiger partial charge is 0.178 e. The van der Waals surface area contributed by atoms with E-state index < -0.39 is 5.41 Å². The van der Waals surface area contributed by atoms with Gasteiger partial charge in [-0.15, -0.1) is 0 Å². The van der Waals surface area contributed by atoms with Crippen molar-refractivity contribution in [3.8, 4) is 12.1 Å². The summed E-state index contributed by atoms with van der Waals surface area (Å²) in [7, 11) is 0. The van der Waals surface area contributed by atoms with Crippen molar-refractivity contribution in [1.29, 1.82) is 10.5 Å². The van der Waals surface area contributed by atoms with Crippen LogP contribution in [-0.4, -0.2) is 5.78 Å². The number of rotatable bonds is 3. The standard InChI is InChI=1S/C32H46N2O/c1-10-30(8)25(29(7)17-22(18-33)27(35)28(5,6)21(29)4)12-11-24-26-23(20(2)3)13-14-32(26,19-34)16-15-31(24,30)9/h17,21,23-26H,2,10-16H2,1,3-9H3. The fourth-order valence-corrected chi connectivity index (χ4v) is 10.1. The zero-order valence-electron chi connectivity index (χ0n) is 23.4. The van der Waals surface area contributed by atoms with Gasteiger partial charge in [0.15, 0.2) is 5.78 Å². The maximum atomic E-state index is 13.1. The van der Waals surface area contributed by atoms with Crippen molar-refractivity contribution >= 4 is 5.78 Å². The number of hydrogen-bond acceptors (Lipinski definition) is 3. The van der Waals surface area contributed by atoms with Gasteiger partial charge in [-0.2, -0.15) is 10.5 Å². The molecule has 3 nitrogen and oxygen atoms in total. The van der Waals surface area contributed by atoms with Gasteiger partial charge >= 0.3 is 0 Å². The Bertz CT molecular complexity index is 1050. The summed E-state index contributed by atoms with van der Waals surface area (Å²) in [5.41, 5.74) is 0.797. The highest BCUT2D eigenvalue weighted by Gasteiger charge is 2.68. The summed E-state index contributed by atoms with van der Waals surface area (Å²) in [6.07, 6.45) is 9.56. The number of fused-ring (bicyclic) bond motifs is 3. The first-order chi connectivity index (χ1) is 16.2. The average molecular weight is 475 g/mol. The van der Waals surface area contributed by atoms with Crippen molar-refractivity contribution in [3.05, 3.63) is 23.8 Å². The summed E-state index contributed by atoms with van der Waals surface area (Å²) in [4.78, 5) is 13.1. The van der Waals surface area contributed by atoms with Gasteiger partial charge in [0.05, 0.1) is 17.1 Å². The summed E-state index contributed by atoms with van der Waals surface area (Å²) >= 11 is 0. The summed E-state index contributed by atoms with van der Waals surface area (Å²) in [6.45, 7) is 22.6. The number of allylic oxidation sites excluding steroid dienone is 3. The predicted octanol–water partition coefficient (Wildman–Crippen LogP) is 8.04. The summed E-state index contributed by atoms with van der Waals surface area (Å²) in [6, 6.07) is 5.12. The second-order valence-electron chi connectivity index (χ2n) is 14.0. The average Bonchev–Trinajstić information content (AvgIpc) is 3.22. The van der Waals surface area contributed by atoms with E-state index in [-0.39, 0.29) is 33.4 Å². The van der Waals surface area contributed by atoms with Crippen LogP contribution in [0.15, 0.2) is 23.8 Å². The Morgan fingerprint density at radius 1 is 1.09 bits per heavy atom. The van der Waals surface area contributed by atoms with Gasteiger partial charge in [0.1, 0.15) is 6.07 Å². The van der Waals surface area contributed by atoms with Crippen molar-refractivity contribution < 1.29 is 4.79 Å². The molecule has 0 aromatic carbocycles. The normalized spacial score (nSPS) is 48.7. The Hall–Kier alpha value is -1.87. The van der Waals surface area contributed by atoms with Gasteiger partial charge in [0.2, 0.25) is 0 Å². The third-order valence-electron chi connectivity index (χ3n) is 12.9. The van der Waals surface area contributed by atoms with E-state index in [4.69, 9.17) is 0 Å². The first-order valence-corrected chi connectivity index (χ1v) is 13.9. The van der Waals surface area contributed by atoms with Crippen LogP contribution in [-0.2, 0) is 4.79 Å². The van der Waals surface area contributed by atoms with Crippen LogP contribution in [0, 0.1) is 79.3 Å². The Morgan fingerprint density at radius 3 is 2.29 bits per heavy atom. The van der Waals surface area contributed by atoms with Crippen molar-refractivity contribution in [2.75, 3.05) is 0 Å². The Balaban J connectivity index is 1.85. The van der Waals surface area contributed by atoms with Crippen LogP contribution in [0.5, 0.6) is 0 Å². The molecule has 3 heteroatoms. The highest BCUT2D eigenvalue weighted by atomic mass is 16.1. The molecule has 3 fully saturated rings. The Morgan fingerprint density at radius 2 is 1.74 bits per heavy atom. The second-order valence-corrected chi connectivity index (χ2v) is 14.0. The van der Waals surface area contributed by atoms with Crippen molar-refractivity contribution in [3.63, 3.8) is 0 Å². The quantitative estimate of drug-likeness (QED) is 0.389. The topological polar surface area (TPSA) is 64.7 Å². The van der Waals surface area contributed by atoms with Crippen LogP contribution in [0.3, 0.4) is 0 Å². The fourth-order valence-electron chi connectivity index (χ4n) is 10.1. The molecule has 0 heterocycles. The summed E-state index contributed by atoms with van der Waals surface area (Å²) in [5.74, 6) is 1.88. The molecule has 0 N–H and O–H groups in total. The Kier molecular flexibility index (Phi) is 6.04. The molecule has 0 aromatic rings. The van der Waals surface area contributed by atoms with Gasteiger partial charge in [-0.3, -0.25) is 4.79 Å². The van der Waals surface area contributed by atoms with Crippen molar-refractivity contribution in [2.24, 2.45) is 56.7 Å². The highest BCUT2D eigenvalue weighted by molar-refractivity contribution is 6.04. The molecule has 0 spiro atoms. The van der Waals surface area contributed by atoms with E-state index in [1.807, 2.05) is 13.8 Å². The fraction of sp³-hybridized carbons (Fsp3) is 0.781. The minimum atomic E-state index is -0.556. The number of carbonyl (C=O) groups is 1. The minimum absolute atomic E-state index is 0.00481. The number of hydrogen-bond donors (Lipinski definition) is 0. The minimum Gasteiger partial charge on any atom is -0.293 e. The molecule has 0 bridgehead atoms. The van der Waals surface area contributed by atoms with E-state index in [0.29, 0.717) is 29.2 Å². The van der Waals surface area contributed by atoms with Crippen molar-refractivity contribution in [1.82, 2.24) is 0 Å². The van der Waals surface area contributed by atoms with Crippen LogP contribution in [0.1, 0.15) is 100 Å². The van der Waals surface area contributed by atoms with Gasteiger partial charge in [0.25, 0.3) is 0 Å². The lowest BCUT2D eigenvalue weighted by Gasteiger charge is -2.68. The molecule has 0 aromatic heterocycles. The van der Waals surface area contributed by atoms with E-state index >= 15 is 0 Å². The molecule has 0 radical (unpaired) electrons. The number of nitriles is 2. The Labute approximate surface area is 214 Å². The lowest BCUT2D eigenvalue weighted by molar-refractivity contribution is -0.187. The summed E-state index contributed by atoms with van der Waals surface area (Å²) in [5, 5.41) is 20.3. The molecule has 9 atom stereocenters. The van der Waals surface area contributed by atoms with E-state index in [9.17, 15) is 15.3 Å². The van der Waals surface area contributed by atoms with Crippen molar-refractivity contribution in [2.45, 2.75) is 100 Å². The van der Waals surface area contributed by atoms with Crippen LogP contribution >= 0.6 is 0 Å². The number of carbonyl (C=O) groups excluding carboxylic acids is 1. The second kappa shape index (κ2) is 8.07. The third-order valence-corrected chi connectivity index (χ3v) is 12.9. The van der Waals surface area contributed by atoms with Gasteiger partial charge in [-0.1, -0.05) is 66.7 Å². The largest absolute Gasteiger partial charge is 0.293 e. The summed E-state index contributed by atoms with van der Waals surface area (Å²) < 4.78 is 0. The molecular formula is C32H46N2O. The van der Waals surface area contributed by atoms with Gasteiger partial charge in [-0.25, -0.2) is 0 Å². The first kappa shape index (κ1) is 26.2. The molecule has 4 aliphatic carbocycles. The molecule has 4 rings (SSSR count). The highest BCUT2D eigenvalue weighted by Crippen LogP contribution is 2.74. The monoisotopic (exact) mass is 474 g/mol. The SMILES string of the molecule is C=C(C)C1CCC2(C#N)CCC3(C)C(CCC(C4(C)C=C(C#N)C(=O)C(C)(C)C4C)C3(C)CC)C12. The lowest BCUT2D eigenvalue weighted by atomic mass is 9.35. The maximum absolute atomic E-state index is 13.1. The molecular weight excluding hydrogens is 428 g/mol. The molecule has 0 saturated heterocycles. The van der Waals surface area contributed by atoms with Gasteiger partial charge in [0, 0.05) is 5.41 Å². The number of ketones is 1. The molecule has 0 aliphatic heterocycles. The molecule has 4 aliphatic rings. The van der Waals surface area contributed by atoms with Crippen LogP contribution < -0.4 is 0 Å². The van der Waals surface area contributed by atoms with E-state index in [0.717, 1.165) is 44.9 Å². The zero-order valence-corrected chi connectivity index (χ0v) is 23.4. The number of Topliss-reactive ketones (excluding diaryl/α,β-unsaturated/α-hetero) is 1. The molecule has 0 amide bonds. The maximum Gasteiger partial charge on any atom is 0.178 e. The first-order valence-electron chi connectivity index (χ1n) is 13.9. The lowest BCUT2D eigenvalue weighted by Crippen LogP contribution is -2.62. The van der Waals surface area contributed by atoms with E-state index in [1.165, 1.54) is 5.57 Å². The van der Waals surface area contributed by atoms with E-state index in [1.54, 1.807) is 0 Å². The van der Waals surface area contributed by atoms with Crippen LogP contribution in [0.2, 0.25) is 0 Å².